The Bertz CT molecular complexity index is 644. The van der Waals surface area contributed by atoms with Gasteiger partial charge in [0, 0.05) is 20.2 Å². The minimum absolute atomic E-state index is 0.0808. The van der Waals surface area contributed by atoms with Gasteiger partial charge in [-0.3, -0.25) is 4.79 Å². The molecule has 2 heterocycles. The Labute approximate surface area is 139 Å². The molecule has 0 saturated carbocycles. The van der Waals surface area contributed by atoms with Crippen LogP contribution in [0.2, 0.25) is 0 Å². The molecule has 1 aliphatic heterocycles. The molecular weight excluding hydrogens is 314 g/mol. The molecule has 2 aromatic rings. The van der Waals surface area contributed by atoms with Crippen LogP contribution in [0.1, 0.15) is 5.56 Å². The fourth-order valence-electron chi connectivity index (χ4n) is 2.42. The van der Waals surface area contributed by atoms with E-state index in [4.69, 9.17) is 14.2 Å². The van der Waals surface area contributed by atoms with Crippen LogP contribution in [-0.2, 0) is 16.1 Å². The van der Waals surface area contributed by atoms with Crippen LogP contribution in [0.25, 0.3) is 0 Å². The number of carbonyl (C=O) groups is 1. The van der Waals surface area contributed by atoms with E-state index < -0.39 is 6.10 Å². The highest BCUT2D eigenvalue weighted by molar-refractivity contribution is 7.07. The zero-order valence-corrected chi connectivity index (χ0v) is 13.8. The van der Waals surface area contributed by atoms with E-state index in [1.54, 1.807) is 23.3 Å². The number of methoxy groups -OCH3 is 1. The molecule has 0 radical (unpaired) electrons. The first-order valence-corrected chi connectivity index (χ1v) is 8.39. The van der Waals surface area contributed by atoms with Crippen LogP contribution in [0.15, 0.2) is 41.1 Å². The third kappa shape index (κ3) is 3.83. The summed E-state index contributed by atoms with van der Waals surface area (Å²) in [5.74, 6) is 1.21. The van der Waals surface area contributed by atoms with Crippen molar-refractivity contribution in [2.75, 3.05) is 26.9 Å². The quantitative estimate of drug-likeness (QED) is 0.815. The van der Waals surface area contributed by atoms with Crippen molar-refractivity contribution >= 4 is 17.2 Å². The van der Waals surface area contributed by atoms with Crippen molar-refractivity contribution in [1.82, 2.24) is 4.90 Å². The topological polar surface area (TPSA) is 48.0 Å². The smallest absolute Gasteiger partial charge is 0.267 e. The Hall–Kier alpha value is -2.05. The molecule has 0 aliphatic carbocycles. The number of carbonyl (C=O) groups excluding carboxylic acids is 1. The molecule has 0 spiro atoms. The summed E-state index contributed by atoms with van der Waals surface area (Å²) in [6.07, 6.45) is -0.625. The monoisotopic (exact) mass is 333 g/mol. The maximum Gasteiger partial charge on any atom is 0.267 e. The predicted molar refractivity (Wildman–Crippen MR) is 88.0 cm³/mol. The average molecular weight is 333 g/mol. The summed E-state index contributed by atoms with van der Waals surface area (Å²) in [5, 5.41) is 4.05. The van der Waals surface area contributed by atoms with Crippen molar-refractivity contribution in [3.05, 3.63) is 46.7 Å². The number of hydrogen-bond donors (Lipinski definition) is 0. The molecule has 1 aromatic carbocycles. The largest absolute Gasteiger partial charge is 0.485 e. The van der Waals surface area contributed by atoms with Gasteiger partial charge in [0.15, 0.2) is 11.5 Å². The van der Waals surface area contributed by atoms with E-state index in [1.807, 2.05) is 41.1 Å². The molecule has 1 amide bonds. The first-order valence-electron chi connectivity index (χ1n) is 7.45. The highest BCUT2D eigenvalue weighted by Gasteiger charge is 2.31. The van der Waals surface area contributed by atoms with E-state index in [1.165, 1.54) is 0 Å². The van der Waals surface area contributed by atoms with Crippen molar-refractivity contribution in [2.45, 2.75) is 12.6 Å². The summed E-state index contributed by atoms with van der Waals surface area (Å²) in [4.78, 5) is 14.6. The normalized spacial score (nSPS) is 16.1. The molecule has 1 aromatic heterocycles. The summed E-state index contributed by atoms with van der Waals surface area (Å²) in [6.45, 7) is 1.78. The van der Waals surface area contributed by atoms with Crippen molar-refractivity contribution in [2.24, 2.45) is 0 Å². The van der Waals surface area contributed by atoms with Crippen LogP contribution in [0.5, 0.6) is 11.5 Å². The SMILES string of the molecule is COCCN(Cc1ccsc1)C(=O)C1COc2ccccc2O1. The number of ether oxygens (including phenoxy) is 3. The van der Waals surface area contributed by atoms with E-state index in [2.05, 4.69) is 0 Å². The van der Waals surface area contributed by atoms with Gasteiger partial charge in [-0.25, -0.2) is 0 Å². The molecule has 0 fully saturated rings. The highest BCUT2D eigenvalue weighted by Crippen LogP contribution is 2.31. The second-order valence-corrected chi connectivity index (χ2v) is 6.03. The van der Waals surface area contributed by atoms with Gasteiger partial charge in [0.05, 0.1) is 6.61 Å². The maximum absolute atomic E-state index is 12.8. The molecule has 122 valence electrons. The fourth-order valence-corrected chi connectivity index (χ4v) is 3.08. The lowest BCUT2D eigenvalue weighted by molar-refractivity contribution is -0.142. The van der Waals surface area contributed by atoms with E-state index in [9.17, 15) is 4.79 Å². The van der Waals surface area contributed by atoms with Gasteiger partial charge in [-0.15, -0.1) is 0 Å². The highest BCUT2D eigenvalue weighted by atomic mass is 32.1. The third-order valence-corrected chi connectivity index (χ3v) is 4.35. The second-order valence-electron chi connectivity index (χ2n) is 5.25. The maximum atomic E-state index is 12.8. The summed E-state index contributed by atoms with van der Waals surface area (Å²) in [7, 11) is 1.63. The van der Waals surface area contributed by atoms with Gasteiger partial charge in [0.25, 0.3) is 5.91 Å². The number of benzene rings is 1. The van der Waals surface area contributed by atoms with Crippen molar-refractivity contribution in [3.63, 3.8) is 0 Å². The molecule has 0 N–H and O–H groups in total. The van der Waals surface area contributed by atoms with Crippen LogP contribution in [-0.4, -0.2) is 43.8 Å². The first kappa shape index (κ1) is 15.8. The fraction of sp³-hybridized carbons (Fsp3) is 0.353. The summed E-state index contributed by atoms with van der Waals surface area (Å²) < 4.78 is 16.6. The summed E-state index contributed by atoms with van der Waals surface area (Å²) >= 11 is 1.62. The van der Waals surface area contributed by atoms with E-state index >= 15 is 0 Å². The molecule has 1 aliphatic rings. The zero-order chi connectivity index (χ0) is 16.1. The third-order valence-electron chi connectivity index (χ3n) is 3.61. The lowest BCUT2D eigenvalue weighted by Crippen LogP contribution is -2.47. The van der Waals surface area contributed by atoms with Crippen LogP contribution in [0, 0.1) is 0 Å². The Kier molecular flexibility index (Phi) is 5.15. The lowest BCUT2D eigenvalue weighted by Gasteiger charge is -2.30. The van der Waals surface area contributed by atoms with Crippen molar-refractivity contribution in [3.8, 4) is 11.5 Å². The van der Waals surface area contributed by atoms with Crippen LogP contribution in [0.3, 0.4) is 0 Å². The van der Waals surface area contributed by atoms with Crippen LogP contribution < -0.4 is 9.47 Å². The van der Waals surface area contributed by atoms with Crippen LogP contribution >= 0.6 is 11.3 Å². The van der Waals surface area contributed by atoms with Gasteiger partial charge in [-0.05, 0) is 34.5 Å². The van der Waals surface area contributed by atoms with Gasteiger partial charge >= 0.3 is 0 Å². The molecule has 5 nitrogen and oxygen atoms in total. The van der Waals surface area contributed by atoms with Gasteiger partial charge in [-0.2, -0.15) is 11.3 Å². The lowest BCUT2D eigenvalue weighted by atomic mass is 10.2. The molecule has 1 atom stereocenters. The first-order chi connectivity index (χ1) is 11.3. The number of para-hydroxylation sites is 2. The van der Waals surface area contributed by atoms with Crippen molar-refractivity contribution < 1.29 is 19.0 Å². The number of hydrogen-bond acceptors (Lipinski definition) is 5. The Morgan fingerprint density at radius 1 is 1.35 bits per heavy atom. The molecular formula is C17H19NO4S. The summed E-state index contributed by atoms with van der Waals surface area (Å²) in [5.41, 5.74) is 1.11. The molecule has 0 bridgehead atoms. The number of thiophene rings is 1. The predicted octanol–water partition coefficient (Wildman–Crippen LogP) is 2.56. The van der Waals surface area contributed by atoms with Crippen molar-refractivity contribution in [1.29, 1.82) is 0 Å². The van der Waals surface area contributed by atoms with Gasteiger partial charge in [-0.1, -0.05) is 12.1 Å². The molecule has 6 heteroatoms. The zero-order valence-electron chi connectivity index (χ0n) is 12.9. The molecule has 1 unspecified atom stereocenters. The molecule has 3 rings (SSSR count). The standard InChI is InChI=1S/C17H19NO4S/c1-20-8-7-18(10-13-6-9-23-12-13)17(19)16-11-21-14-4-2-3-5-15(14)22-16/h2-6,9,12,16H,7-8,10-11H2,1H3. The van der Waals surface area contributed by atoms with E-state index in [0.29, 0.717) is 31.2 Å². The second kappa shape index (κ2) is 7.48. The van der Waals surface area contributed by atoms with Crippen LogP contribution in [0.4, 0.5) is 0 Å². The van der Waals surface area contributed by atoms with Gasteiger partial charge < -0.3 is 19.1 Å². The molecule has 0 saturated heterocycles. The Morgan fingerprint density at radius 2 is 2.17 bits per heavy atom. The number of rotatable bonds is 6. The minimum Gasteiger partial charge on any atom is -0.485 e. The van der Waals surface area contributed by atoms with Gasteiger partial charge in [0.2, 0.25) is 6.10 Å². The number of fused-ring (bicyclic) bond motifs is 1. The Morgan fingerprint density at radius 3 is 2.91 bits per heavy atom. The number of amides is 1. The number of nitrogens with zero attached hydrogens (tertiary/aromatic N) is 1. The van der Waals surface area contributed by atoms with E-state index in [0.717, 1.165) is 5.56 Å². The molecule has 23 heavy (non-hydrogen) atoms. The van der Waals surface area contributed by atoms with Gasteiger partial charge in [0.1, 0.15) is 6.61 Å². The minimum atomic E-state index is -0.625. The Balaban J connectivity index is 1.70. The van der Waals surface area contributed by atoms with E-state index in [-0.39, 0.29) is 12.5 Å². The summed E-state index contributed by atoms with van der Waals surface area (Å²) in [6, 6.07) is 9.41. The average Bonchev–Trinajstić information content (AvgIpc) is 3.10.